The number of hydrogen-bond donors (Lipinski definition) is 2. The first-order valence-electron chi connectivity index (χ1n) is 13.3. The van der Waals surface area contributed by atoms with Crippen molar-refractivity contribution in [3.63, 3.8) is 0 Å². The van der Waals surface area contributed by atoms with Crippen LogP contribution in [-0.4, -0.2) is 75.0 Å². The topological polar surface area (TPSA) is 98.9 Å². The van der Waals surface area contributed by atoms with E-state index in [2.05, 4.69) is 26.5 Å². The smallest absolute Gasteiger partial charge is 0.235 e. The maximum absolute atomic E-state index is 14.3. The van der Waals surface area contributed by atoms with Crippen LogP contribution < -0.4 is 10.2 Å². The summed E-state index contributed by atoms with van der Waals surface area (Å²) >= 11 is 0. The second-order valence-electron chi connectivity index (χ2n) is 10.4. The van der Waals surface area contributed by atoms with E-state index in [-0.39, 0.29) is 17.7 Å². The van der Waals surface area contributed by atoms with Gasteiger partial charge in [0.2, 0.25) is 5.91 Å². The summed E-state index contributed by atoms with van der Waals surface area (Å²) in [4.78, 5) is 18.5. The molecule has 0 bridgehead atoms. The molecule has 4 aromatic rings. The van der Waals surface area contributed by atoms with E-state index < -0.39 is 5.41 Å². The van der Waals surface area contributed by atoms with Crippen molar-refractivity contribution in [2.45, 2.75) is 37.1 Å². The van der Waals surface area contributed by atoms with E-state index in [1.165, 1.54) is 0 Å². The summed E-state index contributed by atoms with van der Waals surface area (Å²) in [6, 6.07) is 17.4. The maximum atomic E-state index is 14.3. The standard InChI is InChI=1S/C29H33N7O2/c1-34(21-9-13-30-14-10-21)28(38)29(27-19-22-6-4-5-15-36(22)33-27)11-16-35(17-12-29)23-18-25(32-31-20-23)24-7-2-3-8-26(24)37/h2-8,15,18-21,30,37H,9-14,16-17H2,1H3. The van der Waals surface area contributed by atoms with E-state index >= 15 is 0 Å². The fourth-order valence-corrected chi connectivity index (χ4v) is 5.95. The number of aromatic hydroxyl groups is 1. The fraction of sp³-hybridized carbons (Fsp3) is 0.379. The molecular formula is C29H33N7O2. The van der Waals surface area contributed by atoms with Gasteiger partial charge in [0.1, 0.15) is 5.75 Å². The van der Waals surface area contributed by atoms with Crippen LogP contribution in [0.5, 0.6) is 5.75 Å². The fourth-order valence-electron chi connectivity index (χ4n) is 5.95. The van der Waals surface area contributed by atoms with Crippen molar-refractivity contribution in [2.75, 3.05) is 38.1 Å². The number of amides is 1. The number of nitrogens with zero attached hydrogens (tertiary/aromatic N) is 6. The third-order valence-electron chi connectivity index (χ3n) is 8.25. The van der Waals surface area contributed by atoms with E-state index in [0.717, 1.165) is 42.8 Å². The highest BCUT2D eigenvalue weighted by Gasteiger charge is 2.47. The molecule has 0 spiro atoms. The zero-order chi connectivity index (χ0) is 26.1. The number of para-hydroxylation sites is 1. The van der Waals surface area contributed by atoms with Gasteiger partial charge in [0.05, 0.1) is 34.2 Å². The van der Waals surface area contributed by atoms with Gasteiger partial charge in [-0.05, 0) is 75.2 Å². The molecule has 0 aliphatic carbocycles. The molecule has 9 nitrogen and oxygen atoms in total. The molecule has 9 heteroatoms. The molecule has 1 amide bonds. The summed E-state index contributed by atoms with van der Waals surface area (Å²) in [5.41, 5.74) is 3.35. The number of piperidine rings is 2. The number of phenolic OH excluding ortho intramolecular Hbond substituents is 1. The van der Waals surface area contributed by atoms with Crippen LogP contribution >= 0.6 is 0 Å². The van der Waals surface area contributed by atoms with E-state index in [0.29, 0.717) is 37.2 Å². The molecule has 196 valence electrons. The first-order chi connectivity index (χ1) is 18.5. The number of likely N-dealkylation sites (N-methyl/N-ethyl adjacent to an activating group) is 1. The summed E-state index contributed by atoms with van der Waals surface area (Å²) in [5, 5.41) is 27.1. The number of rotatable bonds is 5. The van der Waals surface area contributed by atoms with Gasteiger partial charge in [-0.1, -0.05) is 18.2 Å². The first kappa shape index (κ1) is 24.4. The van der Waals surface area contributed by atoms with Crippen molar-refractivity contribution in [3.8, 4) is 17.0 Å². The third kappa shape index (κ3) is 4.36. The number of pyridine rings is 1. The van der Waals surface area contributed by atoms with Crippen LogP contribution in [0.4, 0.5) is 5.69 Å². The van der Waals surface area contributed by atoms with E-state index in [1.54, 1.807) is 18.3 Å². The van der Waals surface area contributed by atoms with E-state index in [1.807, 2.05) is 59.1 Å². The number of carbonyl (C=O) groups excluding carboxylic acids is 1. The molecule has 0 radical (unpaired) electrons. The number of hydrogen-bond acceptors (Lipinski definition) is 7. The molecule has 0 saturated carbocycles. The SMILES string of the molecule is CN(C(=O)C1(c2cc3ccccn3n2)CCN(c2cnnc(-c3ccccc3O)c2)CC1)C1CCNCC1. The predicted octanol–water partition coefficient (Wildman–Crippen LogP) is 3.25. The Morgan fingerprint density at radius 1 is 1.08 bits per heavy atom. The Bertz CT molecular complexity index is 1400. The lowest BCUT2D eigenvalue weighted by Gasteiger charge is -2.44. The van der Waals surface area contributed by atoms with Gasteiger partial charge in [0, 0.05) is 37.9 Å². The van der Waals surface area contributed by atoms with Crippen molar-refractivity contribution in [1.29, 1.82) is 0 Å². The van der Waals surface area contributed by atoms with Crippen molar-refractivity contribution in [1.82, 2.24) is 30.0 Å². The normalized spacial score (nSPS) is 18.0. The lowest BCUT2D eigenvalue weighted by molar-refractivity contribution is -0.140. The molecule has 2 N–H and O–H groups in total. The summed E-state index contributed by atoms with van der Waals surface area (Å²) in [5.74, 6) is 0.338. The highest BCUT2D eigenvalue weighted by molar-refractivity contribution is 5.89. The Labute approximate surface area is 222 Å². The van der Waals surface area contributed by atoms with Gasteiger partial charge in [-0.2, -0.15) is 15.3 Å². The minimum Gasteiger partial charge on any atom is -0.507 e. The molecule has 6 rings (SSSR count). The Kier molecular flexibility index (Phi) is 6.45. The van der Waals surface area contributed by atoms with Crippen molar-refractivity contribution in [2.24, 2.45) is 0 Å². The highest BCUT2D eigenvalue weighted by atomic mass is 16.3. The molecule has 3 aromatic heterocycles. The largest absolute Gasteiger partial charge is 0.507 e. The van der Waals surface area contributed by atoms with Crippen molar-refractivity contribution in [3.05, 3.63) is 72.7 Å². The number of benzene rings is 1. The summed E-state index contributed by atoms with van der Waals surface area (Å²) in [6.45, 7) is 3.24. The van der Waals surface area contributed by atoms with Crippen LogP contribution in [0.1, 0.15) is 31.4 Å². The zero-order valence-corrected chi connectivity index (χ0v) is 21.6. The number of phenols is 1. The average Bonchev–Trinajstić information content (AvgIpc) is 3.42. The first-order valence-corrected chi connectivity index (χ1v) is 13.3. The number of carbonyl (C=O) groups is 1. The number of fused-ring (bicyclic) bond motifs is 1. The molecule has 5 heterocycles. The molecule has 2 aliphatic heterocycles. The van der Waals surface area contributed by atoms with Crippen LogP contribution in [-0.2, 0) is 10.2 Å². The molecule has 38 heavy (non-hydrogen) atoms. The quantitative estimate of drug-likeness (QED) is 0.424. The number of nitrogens with one attached hydrogen (secondary N) is 1. The number of aromatic nitrogens is 4. The van der Waals surface area contributed by atoms with E-state index in [4.69, 9.17) is 5.10 Å². The summed E-state index contributed by atoms with van der Waals surface area (Å²) < 4.78 is 1.87. The molecule has 2 aliphatic rings. The summed E-state index contributed by atoms with van der Waals surface area (Å²) in [6.07, 6.45) is 6.93. The maximum Gasteiger partial charge on any atom is 0.235 e. The van der Waals surface area contributed by atoms with Crippen LogP contribution in [0.2, 0.25) is 0 Å². The lowest BCUT2D eigenvalue weighted by atomic mass is 9.73. The van der Waals surface area contributed by atoms with Gasteiger partial charge in [-0.3, -0.25) is 4.79 Å². The van der Waals surface area contributed by atoms with Gasteiger partial charge in [0.15, 0.2) is 0 Å². The lowest BCUT2D eigenvalue weighted by Crippen LogP contribution is -2.55. The molecule has 0 atom stereocenters. The Hall–Kier alpha value is -3.98. The van der Waals surface area contributed by atoms with Gasteiger partial charge in [-0.15, -0.1) is 0 Å². The van der Waals surface area contributed by atoms with Crippen LogP contribution in [0.3, 0.4) is 0 Å². The molecule has 1 aromatic carbocycles. The van der Waals surface area contributed by atoms with Gasteiger partial charge < -0.3 is 20.2 Å². The van der Waals surface area contributed by atoms with E-state index in [9.17, 15) is 9.90 Å². The third-order valence-corrected chi connectivity index (χ3v) is 8.25. The van der Waals surface area contributed by atoms with Crippen molar-refractivity contribution < 1.29 is 9.90 Å². The average molecular weight is 512 g/mol. The Morgan fingerprint density at radius 3 is 2.61 bits per heavy atom. The minimum atomic E-state index is -0.691. The Morgan fingerprint density at radius 2 is 1.84 bits per heavy atom. The van der Waals surface area contributed by atoms with Crippen molar-refractivity contribution >= 4 is 17.1 Å². The summed E-state index contributed by atoms with van der Waals surface area (Å²) in [7, 11) is 1.97. The second kappa shape index (κ2) is 10.1. The van der Waals surface area contributed by atoms with Gasteiger partial charge >= 0.3 is 0 Å². The van der Waals surface area contributed by atoms with Gasteiger partial charge in [-0.25, -0.2) is 4.52 Å². The molecule has 2 saturated heterocycles. The Balaban J connectivity index is 1.30. The molecule has 2 fully saturated rings. The van der Waals surface area contributed by atoms with Crippen LogP contribution in [0.25, 0.3) is 16.8 Å². The van der Waals surface area contributed by atoms with Gasteiger partial charge in [0.25, 0.3) is 0 Å². The molecular weight excluding hydrogens is 478 g/mol. The minimum absolute atomic E-state index is 0.162. The monoisotopic (exact) mass is 511 g/mol. The number of anilines is 1. The highest BCUT2D eigenvalue weighted by Crippen LogP contribution is 2.39. The van der Waals surface area contributed by atoms with Crippen LogP contribution in [0.15, 0.2) is 67.0 Å². The predicted molar refractivity (Wildman–Crippen MR) is 146 cm³/mol. The van der Waals surface area contributed by atoms with Crippen LogP contribution in [0, 0.1) is 0 Å². The molecule has 0 unspecified atom stereocenters. The zero-order valence-electron chi connectivity index (χ0n) is 21.6. The second-order valence-corrected chi connectivity index (χ2v) is 10.4.